The van der Waals surface area contributed by atoms with Crippen LogP contribution < -0.4 is 10.2 Å². The number of carbonyl (C=O) groups excluding carboxylic acids is 1. The van der Waals surface area contributed by atoms with Crippen molar-refractivity contribution in [2.45, 2.75) is 5.25 Å². The molecule has 20 heavy (non-hydrogen) atoms. The zero-order valence-electron chi connectivity index (χ0n) is 10.6. The van der Waals surface area contributed by atoms with E-state index in [1.165, 1.54) is 24.9 Å². The number of aliphatic imine (C=N–C) groups is 1. The van der Waals surface area contributed by atoms with Gasteiger partial charge >= 0.3 is 6.03 Å². The molecular formula is C12H12F2IN3OS. The van der Waals surface area contributed by atoms with Gasteiger partial charge in [0.05, 0.1) is 12.2 Å². The van der Waals surface area contributed by atoms with Crippen LogP contribution in [0, 0.1) is 11.6 Å². The molecule has 1 aromatic carbocycles. The predicted molar refractivity (Wildman–Crippen MR) is 85.9 cm³/mol. The third kappa shape index (κ3) is 3.22. The minimum Gasteiger partial charge on any atom is -0.340 e. The van der Waals surface area contributed by atoms with E-state index in [-0.39, 0.29) is 10.9 Å². The molecule has 0 fully saturated rings. The highest BCUT2D eigenvalue weighted by Gasteiger charge is 2.29. The maximum atomic E-state index is 13.9. The first-order chi connectivity index (χ1) is 9.56. The van der Waals surface area contributed by atoms with Gasteiger partial charge in [0, 0.05) is 22.8 Å². The van der Waals surface area contributed by atoms with Gasteiger partial charge in [0.1, 0.15) is 11.6 Å². The number of carbonyl (C=O) groups is 1. The summed E-state index contributed by atoms with van der Waals surface area (Å²) < 4.78 is 27.8. The fourth-order valence-corrected chi connectivity index (χ4v) is 3.44. The van der Waals surface area contributed by atoms with Gasteiger partial charge in [-0.25, -0.2) is 18.5 Å². The van der Waals surface area contributed by atoms with E-state index in [1.54, 1.807) is 0 Å². The number of nitrogens with one attached hydrogen (secondary N) is 1. The maximum Gasteiger partial charge on any atom is 0.327 e. The highest BCUT2D eigenvalue weighted by Crippen LogP contribution is 2.30. The second-order valence-electron chi connectivity index (χ2n) is 4.00. The molecule has 108 valence electrons. The van der Waals surface area contributed by atoms with Crippen LogP contribution >= 0.6 is 34.4 Å². The smallest absolute Gasteiger partial charge is 0.327 e. The second-order valence-corrected chi connectivity index (χ2v) is 6.15. The molecule has 2 amide bonds. The van der Waals surface area contributed by atoms with Gasteiger partial charge in [0.25, 0.3) is 0 Å². The first kappa shape index (κ1) is 15.5. The Morgan fingerprint density at radius 1 is 1.60 bits per heavy atom. The fraction of sp³-hybridized carbons (Fsp3) is 0.333. The Hall–Kier alpha value is -0.900. The zero-order valence-corrected chi connectivity index (χ0v) is 13.5. The maximum absolute atomic E-state index is 13.9. The summed E-state index contributed by atoms with van der Waals surface area (Å²) in [6.07, 6.45) is 0. The normalized spacial score (nSPS) is 17.8. The SMILES string of the molecule is CNC(=O)N(C1=NC[C@@H](CI)S1)c1ccc(F)cc1F. The van der Waals surface area contributed by atoms with Crippen molar-refractivity contribution in [3.05, 3.63) is 29.8 Å². The zero-order chi connectivity index (χ0) is 14.7. The highest BCUT2D eigenvalue weighted by molar-refractivity contribution is 14.1. The molecule has 1 aromatic rings. The van der Waals surface area contributed by atoms with Crippen LogP contribution in [-0.2, 0) is 0 Å². The Morgan fingerprint density at radius 3 is 2.90 bits per heavy atom. The summed E-state index contributed by atoms with van der Waals surface area (Å²) in [5.74, 6) is -1.48. The predicted octanol–water partition coefficient (Wildman–Crippen LogP) is 3.02. The number of hydrogen-bond donors (Lipinski definition) is 1. The lowest BCUT2D eigenvalue weighted by Gasteiger charge is -2.22. The molecule has 8 heteroatoms. The van der Waals surface area contributed by atoms with Crippen LogP contribution in [0.3, 0.4) is 0 Å². The Labute approximate surface area is 133 Å². The Bertz CT molecular complexity index is 556. The molecule has 1 N–H and O–H groups in total. The largest absolute Gasteiger partial charge is 0.340 e. The first-order valence-electron chi connectivity index (χ1n) is 5.80. The molecule has 0 aliphatic carbocycles. The summed E-state index contributed by atoms with van der Waals surface area (Å²) in [6, 6.07) is 2.60. The lowest BCUT2D eigenvalue weighted by atomic mass is 10.3. The lowest BCUT2D eigenvalue weighted by Crippen LogP contribution is -2.41. The minimum atomic E-state index is -0.796. The summed E-state index contributed by atoms with van der Waals surface area (Å²) in [6.45, 7) is 0.583. The number of anilines is 1. The highest BCUT2D eigenvalue weighted by atomic mass is 127. The number of benzene rings is 1. The van der Waals surface area contributed by atoms with E-state index in [1.807, 2.05) is 0 Å². The molecule has 1 aliphatic heterocycles. The number of alkyl halides is 1. The third-order valence-electron chi connectivity index (χ3n) is 2.63. The molecule has 0 bridgehead atoms. The van der Waals surface area contributed by atoms with Gasteiger partial charge < -0.3 is 5.32 Å². The molecule has 0 spiro atoms. The standard InChI is InChI=1S/C12H12F2IN3OS/c1-16-11(19)18(12-17-6-8(5-15)20-12)10-3-2-7(13)4-9(10)14/h2-4,8H,5-6H2,1H3,(H,16,19)/t8-/m1/s1. The van der Waals surface area contributed by atoms with Crippen molar-refractivity contribution < 1.29 is 13.6 Å². The Kier molecular flexibility index (Phi) is 5.19. The summed E-state index contributed by atoms with van der Waals surface area (Å²) in [5.41, 5.74) is -0.00823. The molecular weight excluding hydrogens is 399 g/mol. The van der Waals surface area contributed by atoms with Crippen LogP contribution in [0.2, 0.25) is 0 Å². The molecule has 1 aliphatic rings. The van der Waals surface area contributed by atoms with E-state index in [0.29, 0.717) is 11.7 Å². The molecule has 0 radical (unpaired) electrons. The molecule has 0 aromatic heterocycles. The summed E-state index contributed by atoms with van der Waals surface area (Å²) in [4.78, 5) is 17.4. The lowest BCUT2D eigenvalue weighted by molar-refractivity contribution is 0.251. The second kappa shape index (κ2) is 6.70. The number of rotatable bonds is 2. The summed E-state index contributed by atoms with van der Waals surface area (Å²) >= 11 is 3.66. The topological polar surface area (TPSA) is 44.7 Å². The van der Waals surface area contributed by atoms with E-state index >= 15 is 0 Å². The van der Waals surface area contributed by atoms with E-state index in [9.17, 15) is 13.6 Å². The molecule has 4 nitrogen and oxygen atoms in total. The number of amidine groups is 1. The minimum absolute atomic E-state index is 0.00823. The average Bonchev–Trinajstić information content (AvgIpc) is 2.89. The van der Waals surface area contributed by atoms with Crippen LogP contribution in [0.5, 0.6) is 0 Å². The monoisotopic (exact) mass is 411 g/mol. The van der Waals surface area contributed by atoms with Crippen molar-refractivity contribution in [1.82, 2.24) is 5.32 Å². The van der Waals surface area contributed by atoms with Crippen molar-refractivity contribution in [2.24, 2.45) is 4.99 Å². The Morgan fingerprint density at radius 2 is 2.35 bits per heavy atom. The summed E-state index contributed by atoms with van der Waals surface area (Å²) in [5, 5.41) is 3.14. The van der Waals surface area contributed by atoms with Crippen LogP contribution in [0.4, 0.5) is 19.3 Å². The van der Waals surface area contributed by atoms with Crippen LogP contribution in [0.25, 0.3) is 0 Å². The molecule has 0 unspecified atom stereocenters. The molecule has 0 saturated carbocycles. The molecule has 1 heterocycles. The van der Waals surface area contributed by atoms with Gasteiger partial charge in [-0.1, -0.05) is 34.4 Å². The average molecular weight is 411 g/mol. The first-order valence-corrected chi connectivity index (χ1v) is 8.21. The van der Waals surface area contributed by atoms with Crippen LogP contribution in [0.15, 0.2) is 23.2 Å². The van der Waals surface area contributed by atoms with Gasteiger partial charge in [0.15, 0.2) is 5.17 Å². The number of halogens is 3. The van der Waals surface area contributed by atoms with Crippen molar-refractivity contribution in [3.63, 3.8) is 0 Å². The number of nitrogens with zero attached hydrogens (tertiary/aromatic N) is 2. The van der Waals surface area contributed by atoms with E-state index in [2.05, 4.69) is 32.9 Å². The molecule has 2 rings (SSSR count). The van der Waals surface area contributed by atoms with Crippen molar-refractivity contribution in [2.75, 3.05) is 22.9 Å². The van der Waals surface area contributed by atoms with Gasteiger partial charge in [-0.3, -0.25) is 4.99 Å². The quantitative estimate of drug-likeness (QED) is 0.601. The number of amides is 2. The Balaban J connectivity index is 2.36. The van der Waals surface area contributed by atoms with E-state index in [4.69, 9.17) is 0 Å². The number of urea groups is 1. The van der Waals surface area contributed by atoms with Crippen molar-refractivity contribution >= 4 is 51.2 Å². The van der Waals surface area contributed by atoms with Gasteiger partial charge in [-0.05, 0) is 12.1 Å². The van der Waals surface area contributed by atoms with Crippen LogP contribution in [0.1, 0.15) is 0 Å². The fourth-order valence-electron chi connectivity index (χ4n) is 1.68. The van der Waals surface area contributed by atoms with E-state index < -0.39 is 17.7 Å². The number of thioether (sulfide) groups is 1. The van der Waals surface area contributed by atoms with Gasteiger partial charge in [-0.15, -0.1) is 0 Å². The number of hydrogen-bond acceptors (Lipinski definition) is 3. The van der Waals surface area contributed by atoms with Crippen molar-refractivity contribution in [3.8, 4) is 0 Å². The van der Waals surface area contributed by atoms with E-state index in [0.717, 1.165) is 21.5 Å². The summed E-state index contributed by atoms with van der Waals surface area (Å²) in [7, 11) is 1.45. The van der Waals surface area contributed by atoms with Crippen LogP contribution in [-0.4, -0.2) is 34.5 Å². The third-order valence-corrected chi connectivity index (χ3v) is 5.47. The molecule has 0 saturated heterocycles. The molecule has 1 atom stereocenters. The van der Waals surface area contributed by atoms with Gasteiger partial charge in [-0.2, -0.15) is 0 Å². The van der Waals surface area contributed by atoms with Crippen molar-refractivity contribution in [1.29, 1.82) is 0 Å². The van der Waals surface area contributed by atoms with Gasteiger partial charge in [0.2, 0.25) is 0 Å².